The van der Waals surface area contributed by atoms with E-state index >= 15 is 0 Å². The first-order chi connectivity index (χ1) is 10.2. The number of aromatic nitrogens is 2. The molecule has 8 nitrogen and oxygen atoms in total. The number of hydrogen-bond acceptors (Lipinski definition) is 6. The first kappa shape index (κ1) is 21.9. The molecule has 0 aliphatic rings. The normalized spacial score (nSPS) is 11.8. The molecule has 0 fully saturated rings. The van der Waals surface area contributed by atoms with Crippen molar-refractivity contribution >= 4 is 42.0 Å². The topological polar surface area (TPSA) is 135 Å². The average molecular weight is 388 g/mol. The van der Waals surface area contributed by atoms with Crippen LogP contribution in [0.2, 0.25) is 0 Å². The smallest absolute Gasteiger partial charge is 1.00 e. The Balaban J connectivity index is 0. The number of hydrogen-bond donors (Lipinski definition) is 2. The first-order valence-corrected chi connectivity index (χ1v) is 8.69. The van der Waals surface area contributed by atoms with Crippen molar-refractivity contribution in [2.45, 2.75) is 9.79 Å². The Morgan fingerprint density at radius 2 is 1.04 bits per heavy atom. The summed E-state index contributed by atoms with van der Waals surface area (Å²) in [5.74, 6) is 0. The predicted octanol–water partition coefficient (Wildman–Crippen LogP) is -4.49. The van der Waals surface area contributed by atoms with Crippen LogP contribution in [0.1, 0.15) is 2.85 Å². The summed E-state index contributed by atoms with van der Waals surface area (Å²) in [5.41, 5.74) is 0.449. The molecule has 3 aromatic rings. The second-order valence-electron chi connectivity index (χ2n) is 4.51. The van der Waals surface area contributed by atoms with Gasteiger partial charge in [0.1, 0.15) is 0 Å². The van der Waals surface area contributed by atoms with E-state index in [0.29, 0.717) is 10.8 Å². The Morgan fingerprint density at radius 3 is 1.33 bits per heavy atom. The summed E-state index contributed by atoms with van der Waals surface area (Å²) in [5, 5.41) is 8.66. The van der Waals surface area contributed by atoms with Crippen LogP contribution in [0.3, 0.4) is 0 Å². The van der Waals surface area contributed by atoms with Crippen LogP contribution < -0.4 is 59.1 Å². The molecule has 0 radical (unpaired) electrons. The van der Waals surface area contributed by atoms with Crippen molar-refractivity contribution in [1.29, 1.82) is 0 Å². The summed E-state index contributed by atoms with van der Waals surface area (Å²) in [6, 6.07) is 7.59. The van der Waals surface area contributed by atoms with Gasteiger partial charge in [0.15, 0.2) is 0 Å². The SMILES string of the molecule is O=S(=O)(O)c1ccc2c(c1)nnc1cc(S(=O)(=O)O)ccc12.[H-].[H-].[Na+].[Na+]. The van der Waals surface area contributed by atoms with Gasteiger partial charge in [-0.15, -0.1) is 10.2 Å². The summed E-state index contributed by atoms with van der Waals surface area (Å²) in [6.45, 7) is 0. The third-order valence-electron chi connectivity index (χ3n) is 3.09. The molecule has 0 unspecified atom stereocenters. The van der Waals surface area contributed by atoms with Gasteiger partial charge in [0, 0.05) is 10.8 Å². The fourth-order valence-corrected chi connectivity index (χ4v) is 3.07. The molecule has 0 aliphatic carbocycles. The summed E-state index contributed by atoms with van der Waals surface area (Å²) < 4.78 is 62.5. The molecule has 12 heteroatoms. The van der Waals surface area contributed by atoms with Crippen molar-refractivity contribution in [2.24, 2.45) is 0 Å². The molecular formula is C12H10N2Na2O6S2. The monoisotopic (exact) mass is 388 g/mol. The fourth-order valence-electron chi connectivity index (χ4n) is 2.07. The zero-order valence-corrected chi connectivity index (χ0v) is 18.3. The molecule has 2 N–H and O–H groups in total. The third-order valence-corrected chi connectivity index (χ3v) is 4.79. The van der Waals surface area contributed by atoms with Crippen LogP contribution in [0, 0.1) is 0 Å². The molecule has 0 amide bonds. The minimum absolute atomic E-state index is 0. The maximum atomic E-state index is 11.1. The minimum Gasteiger partial charge on any atom is -1.00 e. The summed E-state index contributed by atoms with van der Waals surface area (Å²) in [6.07, 6.45) is 0. The molecule has 0 bridgehead atoms. The molecule has 1 aromatic heterocycles. The van der Waals surface area contributed by atoms with E-state index in [4.69, 9.17) is 9.11 Å². The number of nitrogens with zero attached hydrogens (tertiary/aromatic N) is 2. The van der Waals surface area contributed by atoms with Gasteiger partial charge < -0.3 is 2.85 Å². The molecule has 0 saturated carbocycles. The molecule has 0 atom stereocenters. The summed E-state index contributed by atoms with van der Waals surface area (Å²) in [4.78, 5) is -0.633. The van der Waals surface area contributed by atoms with E-state index in [1.807, 2.05) is 0 Å². The molecule has 118 valence electrons. The quantitative estimate of drug-likeness (QED) is 0.255. The number of fused-ring (bicyclic) bond motifs is 3. The van der Waals surface area contributed by atoms with E-state index in [-0.39, 0.29) is 82.8 Å². The van der Waals surface area contributed by atoms with Crippen LogP contribution in [0.5, 0.6) is 0 Å². The second-order valence-corrected chi connectivity index (χ2v) is 7.35. The molecule has 3 rings (SSSR count). The van der Waals surface area contributed by atoms with Crippen LogP contribution in [0.15, 0.2) is 46.2 Å². The van der Waals surface area contributed by atoms with E-state index in [1.54, 1.807) is 0 Å². The minimum atomic E-state index is -4.35. The van der Waals surface area contributed by atoms with Crippen molar-refractivity contribution in [3.05, 3.63) is 36.4 Å². The van der Waals surface area contributed by atoms with E-state index in [9.17, 15) is 16.8 Å². The molecular weight excluding hydrogens is 378 g/mol. The molecule has 0 spiro atoms. The Hall–Kier alpha value is -0.140. The zero-order valence-electron chi connectivity index (χ0n) is 14.7. The molecule has 2 aromatic carbocycles. The van der Waals surface area contributed by atoms with Gasteiger partial charge >= 0.3 is 59.1 Å². The van der Waals surface area contributed by atoms with Crippen molar-refractivity contribution in [1.82, 2.24) is 10.2 Å². The van der Waals surface area contributed by atoms with Crippen LogP contribution in [-0.4, -0.2) is 36.1 Å². The predicted molar refractivity (Wildman–Crippen MR) is 78.9 cm³/mol. The Bertz CT molecular complexity index is 1050. The molecule has 0 saturated heterocycles. The van der Waals surface area contributed by atoms with Crippen LogP contribution >= 0.6 is 0 Å². The van der Waals surface area contributed by atoms with E-state index < -0.39 is 20.2 Å². The maximum absolute atomic E-state index is 11.1. The number of benzene rings is 2. The van der Waals surface area contributed by atoms with Gasteiger partial charge in [0.05, 0.1) is 20.8 Å². The van der Waals surface area contributed by atoms with E-state index in [2.05, 4.69) is 10.2 Å². The van der Waals surface area contributed by atoms with Gasteiger partial charge in [-0.1, -0.05) is 12.1 Å². The largest absolute Gasteiger partial charge is 1.00 e. The Morgan fingerprint density at radius 1 is 0.708 bits per heavy atom. The van der Waals surface area contributed by atoms with Crippen molar-refractivity contribution in [3.63, 3.8) is 0 Å². The Kier molecular flexibility index (Phi) is 6.95. The second kappa shape index (κ2) is 7.62. The van der Waals surface area contributed by atoms with Gasteiger partial charge in [-0.25, -0.2) is 0 Å². The van der Waals surface area contributed by atoms with E-state index in [0.717, 1.165) is 12.1 Å². The zero-order chi connectivity index (χ0) is 16.1. The summed E-state index contributed by atoms with van der Waals surface area (Å²) in [7, 11) is -8.71. The van der Waals surface area contributed by atoms with Gasteiger partial charge in [0.25, 0.3) is 20.2 Å². The third kappa shape index (κ3) is 4.33. The molecule has 24 heavy (non-hydrogen) atoms. The van der Waals surface area contributed by atoms with Crippen molar-refractivity contribution < 1.29 is 87.9 Å². The summed E-state index contributed by atoms with van der Waals surface area (Å²) >= 11 is 0. The maximum Gasteiger partial charge on any atom is 1.00 e. The fraction of sp³-hybridized carbons (Fsp3) is 0. The van der Waals surface area contributed by atoms with Gasteiger partial charge in [-0.05, 0) is 24.3 Å². The first-order valence-electron chi connectivity index (χ1n) is 5.81. The van der Waals surface area contributed by atoms with Crippen molar-refractivity contribution in [3.8, 4) is 0 Å². The van der Waals surface area contributed by atoms with Gasteiger partial charge in [-0.2, -0.15) is 16.8 Å². The average Bonchev–Trinajstić information content (AvgIpc) is 2.44. The van der Waals surface area contributed by atoms with Crippen LogP contribution in [0.25, 0.3) is 21.8 Å². The van der Waals surface area contributed by atoms with Gasteiger partial charge in [0.2, 0.25) is 0 Å². The van der Waals surface area contributed by atoms with Crippen molar-refractivity contribution in [2.75, 3.05) is 0 Å². The Labute approximate surface area is 184 Å². The van der Waals surface area contributed by atoms with Crippen LogP contribution in [-0.2, 0) is 20.2 Å². The van der Waals surface area contributed by atoms with Gasteiger partial charge in [-0.3, -0.25) is 9.11 Å². The standard InChI is InChI=1S/C12H8N2O6S2.2Na.2H/c15-21(16,17)7-1-3-9-10-4-2-8(22(18,19)20)6-12(10)14-13-11(9)5-7;;;;/h1-6H,(H,15,16,17)(H,18,19,20);;;;/q;2*+1;2*-1. The van der Waals surface area contributed by atoms with E-state index in [1.165, 1.54) is 24.3 Å². The molecule has 0 aliphatic heterocycles. The number of rotatable bonds is 2. The molecule has 1 heterocycles. The van der Waals surface area contributed by atoms with Crippen LogP contribution in [0.4, 0.5) is 0 Å².